The van der Waals surface area contributed by atoms with Gasteiger partial charge in [0.25, 0.3) is 5.56 Å². The van der Waals surface area contributed by atoms with Crippen LogP contribution in [0, 0.1) is 11.2 Å². The average Bonchev–Trinajstić information content (AvgIpc) is 2.60. The van der Waals surface area contributed by atoms with Gasteiger partial charge in [-0.1, -0.05) is 31.4 Å². The fourth-order valence-corrected chi connectivity index (χ4v) is 3.57. The third-order valence-corrected chi connectivity index (χ3v) is 4.97. The van der Waals surface area contributed by atoms with Crippen molar-refractivity contribution < 1.29 is 9.18 Å². The topological polar surface area (TPSA) is 64.0 Å². The molecular formula is C19H22FN3O2. The van der Waals surface area contributed by atoms with Gasteiger partial charge in [-0.3, -0.25) is 9.59 Å². The smallest absolute Gasteiger partial charge is 0.293 e. The molecule has 1 heterocycles. The predicted molar refractivity (Wildman–Crippen MR) is 93.7 cm³/mol. The monoisotopic (exact) mass is 343 g/mol. The first-order valence-corrected chi connectivity index (χ1v) is 8.58. The third-order valence-electron chi connectivity index (χ3n) is 4.97. The van der Waals surface area contributed by atoms with E-state index in [-0.39, 0.29) is 23.1 Å². The Balaban J connectivity index is 1.88. The van der Waals surface area contributed by atoms with E-state index in [1.165, 1.54) is 22.9 Å². The van der Waals surface area contributed by atoms with E-state index in [4.69, 9.17) is 0 Å². The molecule has 1 N–H and O–H groups in total. The zero-order chi connectivity index (χ0) is 17.9. The Morgan fingerprint density at radius 2 is 2.08 bits per heavy atom. The zero-order valence-electron chi connectivity index (χ0n) is 14.3. The maximum atomic E-state index is 13.5. The molecule has 1 amide bonds. The molecule has 25 heavy (non-hydrogen) atoms. The Hall–Kier alpha value is -2.50. The molecule has 1 aromatic heterocycles. The first kappa shape index (κ1) is 17.3. The summed E-state index contributed by atoms with van der Waals surface area (Å²) >= 11 is 0. The Morgan fingerprint density at radius 3 is 2.80 bits per heavy atom. The molecule has 0 radical (unpaired) electrons. The Kier molecular flexibility index (Phi) is 4.97. The van der Waals surface area contributed by atoms with Gasteiger partial charge in [0.15, 0.2) is 5.82 Å². The number of hydrogen-bond donors (Lipinski definition) is 1. The Morgan fingerprint density at radius 1 is 1.32 bits per heavy atom. The van der Waals surface area contributed by atoms with Gasteiger partial charge >= 0.3 is 0 Å². The van der Waals surface area contributed by atoms with Crippen LogP contribution in [0.3, 0.4) is 0 Å². The minimum atomic E-state index is -0.630. The number of rotatable bonds is 4. The van der Waals surface area contributed by atoms with Crippen molar-refractivity contribution >= 4 is 11.7 Å². The first-order chi connectivity index (χ1) is 12.0. The summed E-state index contributed by atoms with van der Waals surface area (Å²) in [6, 6.07) is 6.37. The number of carbonyl (C=O) groups excluding carboxylic acids is 1. The van der Waals surface area contributed by atoms with Crippen LogP contribution in [0.4, 0.5) is 10.2 Å². The first-order valence-electron chi connectivity index (χ1n) is 8.58. The second-order valence-corrected chi connectivity index (χ2v) is 6.79. The number of halogens is 1. The van der Waals surface area contributed by atoms with Gasteiger partial charge in [-0.2, -0.15) is 0 Å². The van der Waals surface area contributed by atoms with E-state index in [2.05, 4.69) is 10.3 Å². The summed E-state index contributed by atoms with van der Waals surface area (Å²) in [6.07, 6.45) is 7.92. The standard InChI is InChI=1S/C19H22FN3O2/c1-23-11-10-21-16(17(23)24)22-18(25)19(8-3-2-4-9-19)13-14-6-5-7-15(20)12-14/h5-7,10-12H,2-4,8-9,13H2,1H3,(H,21,22,25). The lowest BCUT2D eigenvalue weighted by molar-refractivity contribution is -0.127. The minimum Gasteiger partial charge on any atom is -0.314 e. The number of nitrogens with one attached hydrogen (secondary N) is 1. The molecule has 0 atom stereocenters. The highest BCUT2D eigenvalue weighted by atomic mass is 19.1. The summed E-state index contributed by atoms with van der Waals surface area (Å²) in [5.74, 6) is -0.464. The molecule has 1 aromatic carbocycles. The van der Waals surface area contributed by atoms with Crippen molar-refractivity contribution in [2.45, 2.75) is 38.5 Å². The van der Waals surface area contributed by atoms with Crippen LogP contribution < -0.4 is 10.9 Å². The van der Waals surface area contributed by atoms with Gasteiger partial charge < -0.3 is 9.88 Å². The molecule has 132 valence electrons. The van der Waals surface area contributed by atoms with Gasteiger partial charge in [-0.25, -0.2) is 9.37 Å². The number of aryl methyl sites for hydroxylation is 1. The molecule has 3 rings (SSSR count). The number of benzene rings is 1. The number of carbonyl (C=O) groups is 1. The number of aromatic nitrogens is 2. The molecule has 1 aliphatic rings. The van der Waals surface area contributed by atoms with Crippen molar-refractivity contribution in [1.82, 2.24) is 9.55 Å². The van der Waals surface area contributed by atoms with Crippen molar-refractivity contribution in [3.05, 3.63) is 58.4 Å². The van der Waals surface area contributed by atoms with Crippen LogP contribution in [0.1, 0.15) is 37.7 Å². The SMILES string of the molecule is Cn1ccnc(NC(=O)C2(Cc3cccc(F)c3)CCCCC2)c1=O. The van der Waals surface area contributed by atoms with Gasteiger partial charge in [0, 0.05) is 19.4 Å². The summed E-state index contributed by atoms with van der Waals surface area (Å²) < 4.78 is 14.9. The molecule has 0 saturated heterocycles. The minimum absolute atomic E-state index is 0.0409. The van der Waals surface area contributed by atoms with E-state index in [9.17, 15) is 14.0 Å². The van der Waals surface area contributed by atoms with Crippen molar-refractivity contribution in [3.8, 4) is 0 Å². The lowest BCUT2D eigenvalue weighted by Crippen LogP contribution is -2.41. The molecule has 5 nitrogen and oxygen atoms in total. The van der Waals surface area contributed by atoms with Gasteiger partial charge in [-0.05, 0) is 37.0 Å². The van der Waals surface area contributed by atoms with E-state index >= 15 is 0 Å². The summed E-state index contributed by atoms with van der Waals surface area (Å²) in [4.78, 5) is 29.2. The number of amides is 1. The van der Waals surface area contributed by atoms with E-state index < -0.39 is 5.41 Å². The predicted octanol–water partition coefficient (Wildman–Crippen LogP) is 3.05. The van der Waals surface area contributed by atoms with Crippen molar-refractivity contribution in [3.63, 3.8) is 0 Å². The molecule has 0 aliphatic heterocycles. The van der Waals surface area contributed by atoms with Crippen LogP contribution in [-0.2, 0) is 18.3 Å². The van der Waals surface area contributed by atoms with Crippen molar-refractivity contribution in [2.75, 3.05) is 5.32 Å². The van der Waals surface area contributed by atoms with Crippen LogP contribution in [0.5, 0.6) is 0 Å². The molecule has 0 spiro atoms. The zero-order valence-corrected chi connectivity index (χ0v) is 14.3. The summed E-state index contributed by atoms with van der Waals surface area (Å²) in [7, 11) is 1.61. The average molecular weight is 343 g/mol. The van der Waals surface area contributed by atoms with Crippen LogP contribution in [0.15, 0.2) is 41.5 Å². The Bertz CT molecular complexity index is 825. The normalized spacial score (nSPS) is 16.4. The number of anilines is 1. The molecule has 1 aliphatic carbocycles. The van der Waals surface area contributed by atoms with E-state index in [0.717, 1.165) is 37.7 Å². The van der Waals surface area contributed by atoms with Gasteiger partial charge in [0.1, 0.15) is 5.82 Å². The molecule has 0 unspecified atom stereocenters. The lowest BCUT2D eigenvalue weighted by atomic mass is 9.69. The van der Waals surface area contributed by atoms with Crippen LogP contribution in [-0.4, -0.2) is 15.5 Å². The van der Waals surface area contributed by atoms with E-state index in [1.807, 2.05) is 6.07 Å². The van der Waals surface area contributed by atoms with Crippen LogP contribution in [0.2, 0.25) is 0 Å². The maximum Gasteiger partial charge on any atom is 0.293 e. The number of nitrogens with zero attached hydrogens (tertiary/aromatic N) is 2. The van der Waals surface area contributed by atoms with Crippen LogP contribution >= 0.6 is 0 Å². The molecule has 0 bridgehead atoms. The highest BCUT2D eigenvalue weighted by Gasteiger charge is 2.40. The fourth-order valence-electron chi connectivity index (χ4n) is 3.57. The quantitative estimate of drug-likeness (QED) is 0.928. The fraction of sp³-hybridized carbons (Fsp3) is 0.421. The van der Waals surface area contributed by atoms with E-state index in [1.54, 1.807) is 19.3 Å². The molecular weight excluding hydrogens is 321 g/mol. The van der Waals surface area contributed by atoms with Gasteiger partial charge in [0.05, 0.1) is 5.41 Å². The van der Waals surface area contributed by atoms with Crippen molar-refractivity contribution in [1.29, 1.82) is 0 Å². The number of hydrogen-bond acceptors (Lipinski definition) is 3. The second kappa shape index (κ2) is 7.17. The third kappa shape index (κ3) is 3.78. The largest absolute Gasteiger partial charge is 0.314 e. The van der Waals surface area contributed by atoms with E-state index in [0.29, 0.717) is 6.42 Å². The summed E-state index contributed by atoms with van der Waals surface area (Å²) in [5.41, 5.74) is -0.173. The van der Waals surface area contributed by atoms with Crippen molar-refractivity contribution in [2.24, 2.45) is 12.5 Å². The van der Waals surface area contributed by atoms with Crippen LogP contribution in [0.25, 0.3) is 0 Å². The summed E-state index contributed by atoms with van der Waals surface area (Å²) in [6.45, 7) is 0. The maximum absolute atomic E-state index is 13.5. The molecule has 1 saturated carbocycles. The van der Waals surface area contributed by atoms with Gasteiger partial charge in [0.2, 0.25) is 5.91 Å². The highest BCUT2D eigenvalue weighted by Crippen LogP contribution is 2.40. The molecule has 2 aromatic rings. The van der Waals surface area contributed by atoms with Gasteiger partial charge in [-0.15, -0.1) is 0 Å². The summed E-state index contributed by atoms with van der Waals surface area (Å²) in [5, 5.41) is 2.72. The molecule has 6 heteroatoms. The highest BCUT2D eigenvalue weighted by molar-refractivity contribution is 5.94. The lowest BCUT2D eigenvalue weighted by Gasteiger charge is -2.35. The second-order valence-electron chi connectivity index (χ2n) is 6.79. The Labute approximate surface area is 145 Å². The molecule has 1 fully saturated rings.